The fourth-order valence-electron chi connectivity index (χ4n) is 3.03. The maximum absolute atomic E-state index is 12.8. The van der Waals surface area contributed by atoms with Gasteiger partial charge >= 0.3 is 6.61 Å². The highest BCUT2D eigenvalue weighted by Gasteiger charge is 2.32. The van der Waals surface area contributed by atoms with Gasteiger partial charge in [-0.25, -0.2) is 0 Å². The first-order valence-corrected chi connectivity index (χ1v) is 8.11. The number of benzene rings is 2. The lowest BCUT2D eigenvalue weighted by atomic mass is 9.89. The third kappa shape index (κ3) is 3.99. The molecule has 0 aliphatic carbocycles. The Morgan fingerprint density at radius 1 is 1.23 bits per heavy atom. The van der Waals surface area contributed by atoms with Crippen LogP contribution in [0.15, 0.2) is 48.5 Å². The number of hydrogen-bond donors (Lipinski definition) is 1. The van der Waals surface area contributed by atoms with Gasteiger partial charge in [0.05, 0.1) is 5.92 Å². The summed E-state index contributed by atoms with van der Waals surface area (Å²) in [6, 6.07) is 13.4. The molecule has 0 saturated carbocycles. The molecule has 3 rings (SSSR count). The van der Waals surface area contributed by atoms with Crippen molar-refractivity contribution < 1.29 is 23.1 Å². The van der Waals surface area contributed by atoms with Crippen molar-refractivity contribution >= 4 is 17.5 Å². The highest BCUT2D eigenvalue weighted by atomic mass is 19.3. The van der Waals surface area contributed by atoms with Gasteiger partial charge in [0.1, 0.15) is 5.75 Å². The highest BCUT2D eigenvalue weighted by molar-refractivity contribution is 6.01. The van der Waals surface area contributed by atoms with Crippen LogP contribution >= 0.6 is 0 Å². The van der Waals surface area contributed by atoms with E-state index in [9.17, 15) is 18.4 Å². The summed E-state index contributed by atoms with van der Waals surface area (Å²) in [4.78, 5) is 26.3. The number of nitrogens with one attached hydrogen (secondary N) is 1. The van der Waals surface area contributed by atoms with Crippen molar-refractivity contribution in [3.05, 3.63) is 59.7 Å². The molecule has 0 saturated heterocycles. The average Bonchev–Trinajstić information content (AvgIpc) is 2.61. The van der Waals surface area contributed by atoms with Crippen LogP contribution in [0.4, 0.5) is 14.5 Å². The third-order valence-electron chi connectivity index (χ3n) is 4.24. The van der Waals surface area contributed by atoms with E-state index < -0.39 is 12.5 Å². The predicted molar refractivity (Wildman–Crippen MR) is 92.0 cm³/mol. The van der Waals surface area contributed by atoms with Crippen LogP contribution in [-0.2, 0) is 16.1 Å². The van der Waals surface area contributed by atoms with Crippen LogP contribution in [0.3, 0.4) is 0 Å². The molecule has 1 N–H and O–H groups in total. The number of fused-ring (bicyclic) bond motifs is 1. The van der Waals surface area contributed by atoms with Gasteiger partial charge in [-0.3, -0.25) is 9.59 Å². The Labute approximate surface area is 149 Å². The first-order valence-electron chi connectivity index (χ1n) is 8.11. The summed E-state index contributed by atoms with van der Waals surface area (Å²) >= 11 is 0. The molecule has 136 valence electrons. The first-order chi connectivity index (χ1) is 12.4. The van der Waals surface area contributed by atoms with Gasteiger partial charge in [0, 0.05) is 25.7 Å². The molecular weight excluding hydrogens is 342 g/mol. The number of likely N-dealkylation sites (N-methyl/N-ethyl adjacent to an activating group) is 1. The maximum Gasteiger partial charge on any atom is 0.387 e. The van der Waals surface area contributed by atoms with Crippen molar-refractivity contribution in [2.45, 2.75) is 25.5 Å². The number of alkyl halides is 2. The second-order valence-electron chi connectivity index (χ2n) is 6.11. The number of para-hydroxylation sites is 1. The smallest absolute Gasteiger partial charge is 0.387 e. The van der Waals surface area contributed by atoms with Crippen molar-refractivity contribution in [1.82, 2.24) is 4.90 Å². The van der Waals surface area contributed by atoms with E-state index in [2.05, 4.69) is 10.1 Å². The van der Waals surface area contributed by atoms with Crippen LogP contribution in [0.1, 0.15) is 23.5 Å². The minimum atomic E-state index is -2.87. The molecule has 1 aliphatic heterocycles. The summed E-state index contributed by atoms with van der Waals surface area (Å²) in [6.45, 7) is -2.57. The lowest BCUT2D eigenvalue weighted by Gasteiger charge is -2.28. The molecule has 0 spiro atoms. The minimum absolute atomic E-state index is 0.0654. The number of amides is 2. The van der Waals surface area contributed by atoms with Crippen LogP contribution < -0.4 is 10.1 Å². The van der Waals surface area contributed by atoms with Crippen LogP contribution in [0, 0.1) is 0 Å². The largest absolute Gasteiger partial charge is 0.435 e. The zero-order valence-corrected chi connectivity index (χ0v) is 14.1. The lowest BCUT2D eigenvalue weighted by Crippen LogP contribution is -2.36. The van der Waals surface area contributed by atoms with E-state index in [1.54, 1.807) is 31.3 Å². The van der Waals surface area contributed by atoms with Gasteiger partial charge in [-0.05, 0) is 29.3 Å². The van der Waals surface area contributed by atoms with Crippen LogP contribution in [0.2, 0.25) is 0 Å². The molecular formula is C19H18F2N2O3. The summed E-state index contributed by atoms with van der Waals surface area (Å²) < 4.78 is 28.7. The Balaban J connectivity index is 1.71. The normalized spacial score (nSPS) is 16.0. The number of carbonyl (C=O) groups is 2. The fourth-order valence-corrected chi connectivity index (χ4v) is 3.03. The standard InChI is InChI=1S/C19H18F2N2O3/c1-23(11-12-6-8-13(9-7-12)26-19(20)21)18(25)15-10-17(24)22-16-5-3-2-4-14(15)16/h2-9,15,19H,10-11H2,1H3,(H,22,24). The topological polar surface area (TPSA) is 58.6 Å². The summed E-state index contributed by atoms with van der Waals surface area (Å²) in [7, 11) is 1.65. The zero-order chi connectivity index (χ0) is 18.7. The Kier molecular flexibility index (Phi) is 5.16. The van der Waals surface area contributed by atoms with Gasteiger partial charge in [-0.1, -0.05) is 30.3 Å². The molecule has 5 nitrogen and oxygen atoms in total. The molecule has 2 aromatic rings. The molecule has 1 aliphatic rings. The Morgan fingerprint density at radius 2 is 1.92 bits per heavy atom. The van der Waals surface area contributed by atoms with E-state index >= 15 is 0 Å². The van der Waals surface area contributed by atoms with Gasteiger partial charge in [0.2, 0.25) is 11.8 Å². The molecule has 1 heterocycles. The summed E-state index contributed by atoms with van der Waals surface area (Å²) in [5, 5.41) is 2.77. The fraction of sp³-hybridized carbons (Fsp3) is 0.263. The van der Waals surface area contributed by atoms with Crippen LogP contribution in [-0.4, -0.2) is 30.4 Å². The zero-order valence-electron chi connectivity index (χ0n) is 14.1. The van der Waals surface area contributed by atoms with Gasteiger partial charge in [0.15, 0.2) is 0 Å². The minimum Gasteiger partial charge on any atom is -0.435 e. The maximum atomic E-state index is 12.8. The van der Waals surface area contributed by atoms with Crippen molar-refractivity contribution in [1.29, 1.82) is 0 Å². The Morgan fingerprint density at radius 3 is 2.62 bits per heavy atom. The monoisotopic (exact) mass is 360 g/mol. The number of hydrogen-bond acceptors (Lipinski definition) is 3. The number of anilines is 1. The molecule has 1 atom stereocenters. The number of halogens is 2. The van der Waals surface area contributed by atoms with E-state index in [1.807, 2.05) is 12.1 Å². The number of nitrogens with zero attached hydrogens (tertiary/aromatic N) is 1. The van der Waals surface area contributed by atoms with Crippen LogP contribution in [0.5, 0.6) is 5.75 Å². The summed E-state index contributed by atoms with van der Waals surface area (Å²) in [6.07, 6.45) is 0.0986. The SMILES string of the molecule is CN(Cc1ccc(OC(F)F)cc1)C(=O)C1CC(=O)Nc2ccccc21. The number of carbonyl (C=O) groups excluding carboxylic acids is 2. The van der Waals surface area contributed by atoms with E-state index in [4.69, 9.17) is 0 Å². The van der Waals surface area contributed by atoms with Gasteiger partial charge in [0.25, 0.3) is 0 Å². The number of rotatable bonds is 5. The Hall–Kier alpha value is -2.96. The van der Waals surface area contributed by atoms with Gasteiger partial charge in [-0.15, -0.1) is 0 Å². The molecule has 7 heteroatoms. The lowest BCUT2D eigenvalue weighted by molar-refractivity contribution is -0.134. The van der Waals surface area contributed by atoms with E-state index in [0.717, 1.165) is 11.1 Å². The van der Waals surface area contributed by atoms with E-state index in [1.165, 1.54) is 17.0 Å². The third-order valence-corrected chi connectivity index (χ3v) is 4.24. The van der Waals surface area contributed by atoms with Crippen molar-refractivity contribution in [3.8, 4) is 5.75 Å². The summed E-state index contributed by atoms with van der Waals surface area (Å²) in [5.41, 5.74) is 2.23. The second-order valence-corrected chi connectivity index (χ2v) is 6.11. The molecule has 2 aromatic carbocycles. The second kappa shape index (κ2) is 7.51. The predicted octanol–water partition coefficient (Wildman–Crippen LogP) is 3.37. The van der Waals surface area contributed by atoms with Gasteiger partial charge in [-0.2, -0.15) is 8.78 Å². The highest BCUT2D eigenvalue weighted by Crippen LogP contribution is 2.33. The van der Waals surface area contributed by atoms with E-state index in [0.29, 0.717) is 12.2 Å². The molecule has 0 aromatic heterocycles. The van der Waals surface area contributed by atoms with Crippen molar-refractivity contribution in [2.24, 2.45) is 0 Å². The molecule has 26 heavy (non-hydrogen) atoms. The average molecular weight is 360 g/mol. The quantitative estimate of drug-likeness (QED) is 0.889. The number of ether oxygens (including phenoxy) is 1. The van der Waals surface area contributed by atoms with Crippen molar-refractivity contribution in [2.75, 3.05) is 12.4 Å². The van der Waals surface area contributed by atoms with Crippen molar-refractivity contribution in [3.63, 3.8) is 0 Å². The molecule has 0 radical (unpaired) electrons. The molecule has 1 unspecified atom stereocenters. The summed E-state index contributed by atoms with van der Waals surface area (Å²) in [5.74, 6) is -0.828. The van der Waals surface area contributed by atoms with Gasteiger partial charge < -0.3 is 15.0 Å². The molecule has 0 fully saturated rings. The molecule has 0 bridgehead atoms. The Bertz CT molecular complexity index is 809. The molecule has 2 amide bonds. The van der Waals surface area contributed by atoms with E-state index in [-0.39, 0.29) is 24.0 Å². The first kappa shape index (κ1) is 17.8. The van der Waals surface area contributed by atoms with Crippen LogP contribution in [0.25, 0.3) is 0 Å².